The highest BCUT2D eigenvalue weighted by atomic mass is 16.5. The summed E-state index contributed by atoms with van der Waals surface area (Å²) in [6.45, 7) is 17.9. The van der Waals surface area contributed by atoms with Crippen molar-refractivity contribution in [2.75, 3.05) is 40.0 Å². The Morgan fingerprint density at radius 2 is 1.79 bits per heavy atom. The van der Waals surface area contributed by atoms with Crippen molar-refractivity contribution in [2.45, 2.75) is 130 Å². The monoisotopic (exact) mass is 954 g/mol. The zero-order chi connectivity index (χ0) is 49.9. The second-order valence-electron chi connectivity index (χ2n) is 22.5. The molecular weight excluding hydrogens is 883 g/mol. The number of hydrogen-bond acceptors (Lipinski definition) is 10. The summed E-state index contributed by atoms with van der Waals surface area (Å²) in [5, 5.41) is 12.8. The maximum absolute atomic E-state index is 15.4. The quantitative estimate of drug-likeness (QED) is 0.119. The minimum Gasteiger partial charge on any atom is -0.465 e. The molecule has 2 aliphatic carbocycles. The van der Waals surface area contributed by atoms with E-state index in [0.29, 0.717) is 51.7 Å². The molecule has 2 spiro atoms. The van der Waals surface area contributed by atoms with E-state index in [9.17, 15) is 19.5 Å². The van der Waals surface area contributed by atoms with E-state index in [1.54, 1.807) is 17.0 Å². The van der Waals surface area contributed by atoms with Crippen molar-refractivity contribution in [3.8, 4) is 34.2 Å². The number of hydrogen-bond donors (Lipinski definition) is 2. The topological polar surface area (TPSA) is 153 Å². The number of carbonyl (C=O) groups is 4. The number of ketones is 1. The van der Waals surface area contributed by atoms with Crippen LogP contribution in [-0.4, -0.2) is 105 Å². The molecule has 13 nitrogen and oxygen atoms in total. The number of cyclic esters (lactones) is 1. The molecule has 2 saturated carbocycles. The van der Waals surface area contributed by atoms with E-state index in [1.165, 1.54) is 13.8 Å². The van der Waals surface area contributed by atoms with Crippen LogP contribution < -0.4 is 5.43 Å². The summed E-state index contributed by atoms with van der Waals surface area (Å²) in [6, 6.07) is 19.2. The molecule has 4 fully saturated rings. The molecule has 70 heavy (non-hydrogen) atoms. The lowest BCUT2D eigenvalue weighted by Crippen LogP contribution is -2.55. The first-order valence-corrected chi connectivity index (χ1v) is 25.5. The molecule has 5 aliphatic rings. The van der Waals surface area contributed by atoms with Gasteiger partial charge in [-0.2, -0.15) is 0 Å². The molecule has 6 bridgehead atoms. The maximum Gasteiger partial charge on any atom is 0.310 e. The third kappa shape index (κ3) is 9.69. The van der Waals surface area contributed by atoms with Crippen LogP contribution in [0.2, 0.25) is 0 Å². The fourth-order valence-electron chi connectivity index (χ4n) is 11.4. The number of methoxy groups -OCH3 is 1. The lowest BCUT2D eigenvalue weighted by molar-refractivity contribution is -0.155. The Balaban J connectivity index is 1.08. The van der Waals surface area contributed by atoms with Gasteiger partial charge in [0, 0.05) is 73.2 Å². The Morgan fingerprint density at radius 3 is 2.49 bits per heavy atom. The number of aryl methyl sites for hydroxylation is 1. The first kappa shape index (κ1) is 49.6. The Bertz CT molecular complexity index is 2750. The molecule has 1 unspecified atom stereocenters. The molecule has 2 N–H and O–H groups in total. The number of ether oxygens (including phenoxy) is 3. The number of hydrazine groups is 1. The molecule has 0 radical (unpaired) electrons. The summed E-state index contributed by atoms with van der Waals surface area (Å²) >= 11 is 0. The highest BCUT2D eigenvalue weighted by Gasteiger charge is 2.66. The molecule has 9 rings (SSSR count). The number of Topliss-reactive ketones (excluding diaryl/α,β-unsaturated/α-hetero) is 1. The van der Waals surface area contributed by atoms with Gasteiger partial charge in [-0.3, -0.25) is 29.2 Å². The van der Waals surface area contributed by atoms with Gasteiger partial charge in [0.05, 0.1) is 53.7 Å². The Hall–Kier alpha value is -5.39. The maximum atomic E-state index is 15.4. The number of carbonyl (C=O) groups excluding carboxylic acids is 4. The molecule has 2 amide bonds. The normalized spacial score (nSPS) is 24.0. The van der Waals surface area contributed by atoms with Gasteiger partial charge in [-0.1, -0.05) is 63.9 Å². The van der Waals surface area contributed by atoms with Crippen molar-refractivity contribution < 1.29 is 38.5 Å². The number of aromatic nitrogens is 2. The van der Waals surface area contributed by atoms with Crippen molar-refractivity contribution in [2.24, 2.45) is 34.5 Å². The summed E-state index contributed by atoms with van der Waals surface area (Å²) in [5.74, 6) is 2.93. The van der Waals surface area contributed by atoms with Crippen LogP contribution in [0.25, 0.3) is 33.3 Å². The summed E-state index contributed by atoms with van der Waals surface area (Å²) < 4.78 is 20.9. The minimum atomic E-state index is -1.27. The molecule has 13 heteroatoms. The lowest BCUT2D eigenvalue weighted by atomic mass is 9.83. The van der Waals surface area contributed by atoms with E-state index in [-0.39, 0.29) is 54.9 Å². The number of nitrogens with one attached hydrogen (secondary N) is 1. The van der Waals surface area contributed by atoms with Gasteiger partial charge in [0.2, 0.25) is 5.91 Å². The van der Waals surface area contributed by atoms with Gasteiger partial charge >= 0.3 is 5.97 Å². The van der Waals surface area contributed by atoms with Gasteiger partial charge in [0.15, 0.2) is 0 Å². The van der Waals surface area contributed by atoms with Crippen molar-refractivity contribution in [3.05, 3.63) is 77.6 Å². The number of benzene rings is 2. The van der Waals surface area contributed by atoms with E-state index in [0.717, 1.165) is 69.5 Å². The van der Waals surface area contributed by atoms with Crippen LogP contribution in [0.5, 0.6) is 0 Å². The van der Waals surface area contributed by atoms with Crippen molar-refractivity contribution in [1.82, 2.24) is 24.9 Å². The SMILES string of the molecule is CCn1c(-c2cccnc2[C@H](C)OC)c2c3cc(ccc31)-c1cccc(c1)C[C@@]1(CC1C(=O)[C@@H](COC1CN(C(=O)C#CC(C)(C)O)C1)C(C)C)C(=O)N1CCC[C@@H](C(=O)OCC(C)(C)C2)C2(CC2)N1. The minimum absolute atomic E-state index is 0.0205. The molecule has 5 heterocycles. The molecular formula is C57H71N5O8. The van der Waals surface area contributed by atoms with Gasteiger partial charge in [-0.05, 0) is 131 Å². The second-order valence-corrected chi connectivity index (χ2v) is 22.5. The third-order valence-electron chi connectivity index (χ3n) is 15.7. The predicted molar refractivity (Wildman–Crippen MR) is 268 cm³/mol. The average Bonchev–Trinajstić information content (AvgIpc) is 4.24. The molecule has 2 saturated heterocycles. The van der Waals surface area contributed by atoms with Crippen LogP contribution in [-0.2, 0) is 52.8 Å². The number of pyridine rings is 1. The fraction of sp³-hybridized carbons (Fsp3) is 0.561. The number of esters is 1. The van der Waals surface area contributed by atoms with Gasteiger partial charge in [-0.15, -0.1) is 0 Å². The van der Waals surface area contributed by atoms with Crippen molar-refractivity contribution in [1.29, 1.82) is 0 Å². The highest BCUT2D eigenvalue weighted by molar-refractivity contribution is 5.99. The van der Waals surface area contributed by atoms with Crippen LogP contribution >= 0.6 is 0 Å². The smallest absolute Gasteiger partial charge is 0.310 e. The average molecular weight is 954 g/mol. The van der Waals surface area contributed by atoms with Gasteiger partial charge < -0.3 is 28.8 Å². The standard InChI is InChI=1S/C57H71N5O8/c1-10-61-47-19-18-39-27-42(47)43(50(61)41-16-12-24-58-49(41)36(4)68-9)29-54(5,6)34-70-52(65)45-17-13-25-62(59-57(45)22-23-57)53(66)56(28-37-14-11-15-38(39)26-37)30-46(56)51(64)44(35(2)3)33-69-40-31-60(32-40)48(63)20-21-55(7,8)67/h11-12,14-16,18-19,24,26-27,35-36,40,44-46,59,67H,10,13,17,22-23,25,28-34H2,1-9H3/t36-,44-,45-,46?,56-/m0/s1. The van der Waals surface area contributed by atoms with E-state index >= 15 is 4.79 Å². The number of likely N-dealkylation sites (tertiary alicyclic amines) is 1. The molecule has 4 aromatic rings. The van der Waals surface area contributed by atoms with Gasteiger partial charge in [0.1, 0.15) is 11.4 Å². The molecule has 2 aromatic heterocycles. The van der Waals surface area contributed by atoms with Crippen LogP contribution in [0.1, 0.15) is 110 Å². The van der Waals surface area contributed by atoms with Crippen LogP contribution in [0.15, 0.2) is 60.8 Å². The van der Waals surface area contributed by atoms with E-state index < -0.39 is 39.7 Å². The summed E-state index contributed by atoms with van der Waals surface area (Å²) in [5.41, 5.74) is 8.54. The zero-order valence-electron chi connectivity index (χ0n) is 42.5. The molecule has 372 valence electrons. The lowest BCUT2D eigenvalue weighted by Gasteiger charge is -2.38. The van der Waals surface area contributed by atoms with Crippen molar-refractivity contribution >= 4 is 34.5 Å². The number of rotatable bonds is 10. The highest BCUT2D eigenvalue weighted by Crippen LogP contribution is 2.59. The Kier molecular flexibility index (Phi) is 13.4. The molecule has 3 aliphatic heterocycles. The van der Waals surface area contributed by atoms with Crippen LogP contribution in [0, 0.1) is 46.3 Å². The van der Waals surface area contributed by atoms with Crippen LogP contribution in [0.3, 0.4) is 0 Å². The summed E-state index contributed by atoms with van der Waals surface area (Å²) in [4.78, 5) is 63.7. The third-order valence-corrected chi connectivity index (χ3v) is 15.7. The fourth-order valence-corrected chi connectivity index (χ4v) is 11.4. The first-order valence-electron chi connectivity index (χ1n) is 25.5. The van der Waals surface area contributed by atoms with E-state index in [1.807, 2.05) is 33.0 Å². The second kappa shape index (κ2) is 19.0. The Labute approximate surface area is 413 Å². The van der Waals surface area contributed by atoms with Gasteiger partial charge in [0.25, 0.3) is 5.91 Å². The first-order chi connectivity index (χ1) is 33.3. The largest absolute Gasteiger partial charge is 0.465 e. The number of nitrogens with zero attached hydrogens (tertiary/aromatic N) is 4. The molecule has 2 aromatic carbocycles. The molecule has 5 atom stereocenters. The van der Waals surface area contributed by atoms with Gasteiger partial charge in [-0.25, -0.2) is 5.43 Å². The van der Waals surface area contributed by atoms with Crippen LogP contribution in [0.4, 0.5) is 0 Å². The Morgan fingerprint density at radius 1 is 1.03 bits per heavy atom. The zero-order valence-corrected chi connectivity index (χ0v) is 42.5. The predicted octanol–water partition coefficient (Wildman–Crippen LogP) is 7.89. The van der Waals surface area contributed by atoms with Crippen molar-refractivity contribution in [3.63, 3.8) is 0 Å². The summed E-state index contributed by atoms with van der Waals surface area (Å²) in [7, 11) is 1.71. The number of fused-ring (bicyclic) bond motifs is 5. The number of amides is 2. The summed E-state index contributed by atoms with van der Waals surface area (Å²) in [6.07, 6.45) is 5.46. The van der Waals surface area contributed by atoms with E-state index in [2.05, 4.69) is 91.1 Å². The van der Waals surface area contributed by atoms with E-state index in [4.69, 9.17) is 19.2 Å². The number of aliphatic hydroxyl groups is 1.